The molecule has 0 heterocycles. The summed E-state index contributed by atoms with van der Waals surface area (Å²) < 4.78 is 0. The third-order valence-electron chi connectivity index (χ3n) is 1.80. The van der Waals surface area contributed by atoms with Gasteiger partial charge in [0.25, 0.3) is 0 Å². The van der Waals surface area contributed by atoms with Crippen molar-refractivity contribution in [3.63, 3.8) is 0 Å². The summed E-state index contributed by atoms with van der Waals surface area (Å²) in [7, 11) is 2.03. The van der Waals surface area contributed by atoms with Crippen LogP contribution in [0.2, 0.25) is 0 Å². The van der Waals surface area contributed by atoms with Gasteiger partial charge >= 0.3 is 0 Å². The minimum atomic E-state index is 1.03. The highest BCUT2D eigenvalue weighted by Crippen LogP contribution is 1.91. The molecule has 0 fully saturated rings. The second-order valence-corrected chi connectivity index (χ2v) is 3.32. The van der Waals surface area contributed by atoms with Crippen LogP contribution in [0, 0.1) is 0 Å². The molecule has 0 unspecified atom stereocenters. The summed E-state index contributed by atoms with van der Waals surface area (Å²) in [5.41, 5.74) is 1.21. The van der Waals surface area contributed by atoms with Gasteiger partial charge in [-0.25, -0.2) is 0 Å². The number of hydrogen-bond acceptors (Lipinski definition) is 3. The van der Waals surface area contributed by atoms with Gasteiger partial charge in [0.2, 0.25) is 0 Å². The standard InChI is InChI=1S/C10H23N3/c1-5-9-13(4)12-10(3)7-8-11-6-2/h11H,5-9H2,1-4H3/b12-10+. The summed E-state index contributed by atoms with van der Waals surface area (Å²) >= 11 is 0. The van der Waals surface area contributed by atoms with Crippen molar-refractivity contribution in [2.24, 2.45) is 5.10 Å². The Kier molecular flexibility index (Phi) is 7.69. The monoisotopic (exact) mass is 185 g/mol. The van der Waals surface area contributed by atoms with Gasteiger partial charge in [-0.2, -0.15) is 5.10 Å². The Morgan fingerprint density at radius 2 is 2.08 bits per heavy atom. The summed E-state index contributed by atoms with van der Waals surface area (Å²) in [5.74, 6) is 0. The van der Waals surface area contributed by atoms with Crippen LogP contribution in [-0.4, -0.2) is 37.4 Å². The maximum Gasteiger partial charge on any atom is 0.0362 e. The number of hydrogen-bond donors (Lipinski definition) is 1. The van der Waals surface area contributed by atoms with Crippen LogP contribution in [0.3, 0.4) is 0 Å². The fourth-order valence-corrected chi connectivity index (χ4v) is 1.16. The summed E-state index contributed by atoms with van der Waals surface area (Å²) in [6.07, 6.45) is 2.20. The molecule has 1 N–H and O–H groups in total. The van der Waals surface area contributed by atoms with Crippen molar-refractivity contribution in [3.05, 3.63) is 0 Å². The van der Waals surface area contributed by atoms with Crippen molar-refractivity contribution in [3.8, 4) is 0 Å². The average Bonchev–Trinajstić information content (AvgIpc) is 2.05. The maximum atomic E-state index is 4.45. The van der Waals surface area contributed by atoms with Crippen molar-refractivity contribution in [1.82, 2.24) is 10.3 Å². The zero-order valence-electron chi connectivity index (χ0n) is 9.43. The largest absolute Gasteiger partial charge is 0.317 e. The molecule has 0 atom stereocenters. The quantitative estimate of drug-likeness (QED) is 0.371. The van der Waals surface area contributed by atoms with Crippen molar-refractivity contribution in [1.29, 1.82) is 0 Å². The molecule has 0 saturated heterocycles. The van der Waals surface area contributed by atoms with Crippen LogP contribution in [0.15, 0.2) is 5.10 Å². The molecule has 0 aromatic heterocycles. The summed E-state index contributed by atoms with van der Waals surface area (Å²) in [6.45, 7) is 9.49. The lowest BCUT2D eigenvalue weighted by molar-refractivity contribution is 0.353. The first-order chi connectivity index (χ1) is 6.20. The lowest BCUT2D eigenvalue weighted by atomic mass is 10.3. The van der Waals surface area contributed by atoms with E-state index in [2.05, 4.69) is 31.2 Å². The van der Waals surface area contributed by atoms with Crippen LogP contribution in [0.4, 0.5) is 0 Å². The van der Waals surface area contributed by atoms with Gasteiger partial charge in [-0.15, -0.1) is 0 Å². The highest BCUT2D eigenvalue weighted by molar-refractivity contribution is 5.81. The van der Waals surface area contributed by atoms with E-state index in [9.17, 15) is 0 Å². The highest BCUT2D eigenvalue weighted by Gasteiger charge is 1.94. The fraction of sp³-hybridized carbons (Fsp3) is 0.900. The molecule has 0 aliphatic carbocycles. The van der Waals surface area contributed by atoms with E-state index in [4.69, 9.17) is 0 Å². The molecular weight excluding hydrogens is 162 g/mol. The molecule has 13 heavy (non-hydrogen) atoms. The molecule has 0 spiro atoms. The Bertz CT molecular complexity index is 143. The van der Waals surface area contributed by atoms with Crippen LogP contribution < -0.4 is 5.32 Å². The van der Waals surface area contributed by atoms with Gasteiger partial charge in [-0.05, 0) is 26.3 Å². The molecule has 3 nitrogen and oxygen atoms in total. The molecule has 0 aromatic carbocycles. The SMILES string of the molecule is CCCN(C)/N=C(\C)CCNCC. The van der Waals surface area contributed by atoms with Gasteiger partial charge in [0, 0.05) is 25.8 Å². The fourth-order valence-electron chi connectivity index (χ4n) is 1.16. The lowest BCUT2D eigenvalue weighted by Gasteiger charge is -2.12. The van der Waals surface area contributed by atoms with Crippen molar-refractivity contribution in [2.45, 2.75) is 33.6 Å². The van der Waals surface area contributed by atoms with E-state index in [0.717, 1.165) is 32.5 Å². The van der Waals surface area contributed by atoms with Gasteiger partial charge in [0.05, 0.1) is 0 Å². The molecular formula is C10H23N3. The predicted molar refractivity (Wildman–Crippen MR) is 59.2 cm³/mol. The molecule has 0 radical (unpaired) electrons. The zero-order valence-corrected chi connectivity index (χ0v) is 9.43. The van der Waals surface area contributed by atoms with Crippen LogP contribution in [-0.2, 0) is 0 Å². The molecule has 0 aromatic rings. The van der Waals surface area contributed by atoms with Gasteiger partial charge < -0.3 is 10.3 Å². The molecule has 78 valence electrons. The molecule has 0 saturated carbocycles. The molecule has 0 bridgehead atoms. The topological polar surface area (TPSA) is 27.6 Å². The second kappa shape index (κ2) is 8.05. The Morgan fingerprint density at radius 1 is 1.38 bits per heavy atom. The number of hydrazone groups is 1. The van der Waals surface area contributed by atoms with Crippen LogP contribution >= 0.6 is 0 Å². The third kappa shape index (κ3) is 7.78. The Morgan fingerprint density at radius 3 is 2.62 bits per heavy atom. The minimum absolute atomic E-state index is 1.03. The van der Waals surface area contributed by atoms with E-state index in [1.807, 2.05) is 12.1 Å². The summed E-state index contributed by atoms with van der Waals surface area (Å²) in [4.78, 5) is 0. The van der Waals surface area contributed by atoms with Gasteiger partial charge in [-0.3, -0.25) is 0 Å². The Balaban J connectivity index is 3.60. The Labute approximate surface area is 82.2 Å². The molecule has 0 rings (SSSR count). The first-order valence-electron chi connectivity index (χ1n) is 5.16. The summed E-state index contributed by atoms with van der Waals surface area (Å²) in [6, 6.07) is 0. The zero-order chi connectivity index (χ0) is 10.1. The van der Waals surface area contributed by atoms with E-state index in [-0.39, 0.29) is 0 Å². The predicted octanol–water partition coefficient (Wildman–Crippen LogP) is 1.70. The highest BCUT2D eigenvalue weighted by atomic mass is 15.4. The molecule has 0 aliphatic heterocycles. The second-order valence-electron chi connectivity index (χ2n) is 3.32. The smallest absolute Gasteiger partial charge is 0.0362 e. The molecule has 0 amide bonds. The van der Waals surface area contributed by atoms with Gasteiger partial charge in [-0.1, -0.05) is 13.8 Å². The van der Waals surface area contributed by atoms with E-state index < -0.39 is 0 Å². The minimum Gasteiger partial charge on any atom is -0.317 e. The van der Waals surface area contributed by atoms with Crippen molar-refractivity contribution in [2.75, 3.05) is 26.7 Å². The van der Waals surface area contributed by atoms with Crippen LogP contribution in [0.1, 0.15) is 33.6 Å². The van der Waals surface area contributed by atoms with E-state index in [1.165, 1.54) is 5.71 Å². The van der Waals surface area contributed by atoms with Crippen LogP contribution in [0.25, 0.3) is 0 Å². The average molecular weight is 185 g/mol. The number of nitrogens with zero attached hydrogens (tertiary/aromatic N) is 2. The van der Waals surface area contributed by atoms with Gasteiger partial charge in [0.15, 0.2) is 0 Å². The maximum absolute atomic E-state index is 4.45. The van der Waals surface area contributed by atoms with E-state index >= 15 is 0 Å². The van der Waals surface area contributed by atoms with E-state index in [0.29, 0.717) is 0 Å². The third-order valence-corrected chi connectivity index (χ3v) is 1.80. The van der Waals surface area contributed by atoms with Crippen molar-refractivity contribution < 1.29 is 0 Å². The Hall–Kier alpha value is -0.570. The normalized spacial score (nSPS) is 11.8. The molecule has 0 aliphatic rings. The first kappa shape index (κ1) is 12.4. The number of rotatable bonds is 7. The van der Waals surface area contributed by atoms with Crippen molar-refractivity contribution >= 4 is 5.71 Å². The lowest BCUT2D eigenvalue weighted by Crippen LogP contribution is -2.19. The summed E-state index contributed by atoms with van der Waals surface area (Å²) in [5, 5.41) is 9.75. The number of nitrogens with one attached hydrogen (secondary N) is 1. The first-order valence-corrected chi connectivity index (χ1v) is 5.16. The van der Waals surface area contributed by atoms with Crippen LogP contribution in [0.5, 0.6) is 0 Å². The molecule has 3 heteroatoms. The van der Waals surface area contributed by atoms with E-state index in [1.54, 1.807) is 0 Å². The van der Waals surface area contributed by atoms with Gasteiger partial charge in [0.1, 0.15) is 0 Å².